The summed E-state index contributed by atoms with van der Waals surface area (Å²) < 4.78 is 18.8. The average molecular weight is 269 g/mol. The maximum Gasteiger partial charge on any atom is 0.414 e. The Labute approximate surface area is 110 Å². The molecule has 1 amide bonds. The van der Waals surface area contributed by atoms with Crippen LogP contribution < -0.4 is 4.90 Å². The number of aromatic carboxylic acids is 1. The van der Waals surface area contributed by atoms with Crippen LogP contribution in [0.25, 0.3) is 0 Å². The van der Waals surface area contributed by atoms with Gasteiger partial charge in [-0.2, -0.15) is 0 Å². The Morgan fingerprint density at radius 2 is 1.89 bits per heavy atom. The van der Waals surface area contributed by atoms with Crippen LogP contribution in [-0.4, -0.2) is 29.8 Å². The molecule has 1 aromatic rings. The molecule has 1 aromatic carbocycles. The van der Waals surface area contributed by atoms with Gasteiger partial charge in [-0.05, 0) is 39.0 Å². The molecule has 0 saturated heterocycles. The molecule has 1 N–H and O–H groups in total. The van der Waals surface area contributed by atoms with Crippen LogP contribution in [0.4, 0.5) is 14.9 Å². The topological polar surface area (TPSA) is 66.8 Å². The highest BCUT2D eigenvalue weighted by Gasteiger charge is 2.22. The van der Waals surface area contributed by atoms with Crippen LogP contribution in [0.2, 0.25) is 0 Å². The van der Waals surface area contributed by atoms with E-state index < -0.39 is 23.5 Å². The molecule has 0 radical (unpaired) electrons. The summed E-state index contributed by atoms with van der Waals surface area (Å²) in [5.41, 5.74) is -0.916. The van der Waals surface area contributed by atoms with Crippen LogP contribution in [0.5, 0.6) is 0 Å². The van der Waals surface area contributed by atoms with E-state index in [0.717, 1.165) is 11.0 Å². The number of anilines is 1. The third kappa shape index (κ3) is 3.94. The van der Waals surface area contributed by atoms with Gasteiger partial charge in [0.05, 0.1) is 11.3 Å². The fourth-order valence-electron chi connectivity index (χ4n) is 1.34. The molecule has 0 aliphatic heterocycles. The summed E-state index contributed by atoms with van der Waals surface area (Å²) in [5, 5.41) is 8.73. The van der Waals surface area contributed by atoms with Crippen molar-refractivity contribution in [2.75, 3.05) is 11.9 Å². The lowest BCUT2D eigenvalue weighted by Gasteiger charge is -2.24. The molecule has 0 fully saturated rings. The Morgan fingerprint density at radius 3 is 2.32 bits per heavy atom. The first-order chi connectivity index (χ1) is 8.61. The quantitative estimate of drug-likeness (QED) is 0.896. The highest BCUT2D eigenvalue weighted by Crippen LogP contribution is 2.21. The van der Waals surface area contributed by atoms with Crippen LogP contribution in [0.3, 0.4) is 0 Å². The molecule has 0 saturated carbocycles. The van der Waals surface area contributed by atoms with Crippen LogP contribution in [0, 0.1) is 5.82 Å². The number of hydrogen-bond acceptors (Lipinski definition) is 3. The van der Waals surface area contributed by atoms with E-state index in [1.807, 2.05) is 0 Å². The number of rotatable bonds is 2. The zero-order valence-electron chi connectivity index (χ0n) is 11.2. The van der Waals surface area contributed by atoms with Crippen molar-refractivity contribution in [2.45, 2.75) is 26.4 Å². The Kier molecular flexibility index (Phi) is 4.14. The SMILES string of the molecule is CN(C(=O)OC(C)(C)C)c1ccc(C(=O)O)cc1F. The van der Waals surface area contributed by atoms with E-state index in [9.17, 15) is 14.0 Å². The number of carbonyl (C=O) groups is 2. The number of ether oxygens (including phenoxy) is 1. The molecule has 0 unspecified atom stereocenters. The minimum atomic E-state index is -1.23. The van der Waals surface area contributed by atoms with Gasteiger partial charge in [-0.25, -0.2) is 14.0 Å². The van der Waals surface area contributed by atoms with Gasteiger partial charge < -0.3 is 9.84 Å². The number of carboxylic acid groups (broad SMARTS) is 1. The van der Waals surface area contributed by atoms with Gasteiger partial charge in [-0.3, -0.25) is 4.90 Å². The van der Waals surface area contributed by atoms with Crippen molar-refractivity contribution in [3.05, 3.63) is 29.6 Å². The fraction of sp³-hybridized carbons (Fsp3) is 0.385. The van der Waals surface area contributed by atoms with E-state index in [1.165, 1.54) is 19.2 Å². The predicted octanol–water partition coefficient (Wildman–Crippen LogP) is 2.90. The van der Waals surface area contributed by atoms with Crippen molar-refractivity contribution in [2.24, 2.45) is 0 Å². The van der Waals surface area contributed by atoms with E-state index in [-0.39, 0.29) is 11.3 Å². The first-order valence-electron chi connectivity index (χ1n) is 5.61. The lowest BCUT2D eigenvalue weighted by molar-refractivity contribution is 0.0587. The summed E-state index contributed by atoms with van der Waals surface area (Å²) in [6.45, 7) is 5.09. The van der Waals surface area contributed by atoms with E-state index in [1.54, 1.807) is 20.8 Å². The Morgan fingerprint density at radius 1 is 1.32 bits per heavy atom. The highest BCUT2D eigenvalue weighted by molar-refractivity contribution is 5.90. The third-order valence-corrected chi connectivity index (χ3v) is 2.22. The molecule has 0 aromatic heterocycles. The molecule has 0 bridgehead atoms. The van der Waals surface area contributed by atoms with E-state index in [4.69, 9.17) is 9.84 Å². The van der Waals surface area contributed by atoms with Crippen molar-refractivity contribution >= 4 is 17.7 Å². The molecule has 5 nitrogen and oxygen atoms in total. The predicted molar refractivity (Wildman–Crippen MR) is 68.0 cm³/mol. The van der Waals surface area contributed by atoms with Gasteiger partial charge in [0.15, 0.2) is 0 Å². The summed E-state index contributed by atoms with van der Waals surface area (Å²) in [7, 11) is 1.35. The summed E-state index contributed by atoms with van der Waals surface area (Å²) >= 11 is 0. The summed E-state index contributed by atoms with van der Waals surface area (Å²) in [5.74, 6) is -2.03. The van der Waals surface area contributed by atoms with Crippen molar-refractivity contribution < 1.29 is 23.8 Å². The number of nitrogens with zero attached hydrogens (tertiary/aromatic N) is 1. The average Bonchev–Trinajstić information content (AvgIpc) is 2.25. The molecule has 0 aliphatic carbocycles. The standard InChI is InChI=1S/C13H16FNO4/c1-13(2,3)19-12(18)15(4)10-6-5-8(11(16)17)7-9(10)14/h5-7H,1-4H3,(H,16,17). The second kappa shape index (κ2) is 5.26. The summed E-state index contributed by atoms with van der Waals surface area (Å²) in [6.07, 6.45) is -0.713. The number of halogens is 1. The number of hydrogen-bond donors (Lipinski definition) is 1. The minimum Gasteiger partial charge on any atom is -0.478 e. The monoisotopic (exact) mass is 269 g/mol. The van der Waals surface area contributed by atoms with Crippen molar-refractivity contribution in [1.82, 2.24) is 0 Å². The Balaban J connectivity index is 2.97. The normalized spacial score (nSPS) is 11.0. The summed E-state index contributed by atoms with van der Waals surface area (Å²) in [6, 6.07) is 3.31. The van der Waals surface area contributed by atoms with E-state index in [2.05, 4.69) is 0 Å². The van der Waals surface area contributed by atoms with Crippen molar-refractivity contribution in [3.8, 4) is 0 Å². The lowest BCUT2D eigenvalue weighted by Crippen LogP contribution is -2.34. The molecular weight excluding hydrogens is 253 g/mol. The molecular formula is C13H16FNO4. The number of benzene rings is 1. The molecule has 0 spiro atoms. The highest BCUT2D eigenvalue weighted by atomic mass is 19.1. The lowest BCUT2D eigenvalue weighted by atomic mass is 10.2. The first kappa shape index (κ1) is 14.9. The molecule has 104 valence electrons. The van der Waals surface area contributed by atoms with Crippen molar-refractivity contribution in [1.29, 1.82) is 0 Å². The maximum absolute atomic E-state index is 13.7. The zero-order chi connectivity index (χ0) is 14.8. The van der Waals surface area contributed by atoms with Crippen molar-refractivity contribution in [3.63, 3.8) is 0 Å². The number of carbonyl (C=O) groups excluding carboxylic acids is 1. The van der Waals surface area contributed by atoms with Crippen LogP contribution in [0.15, 0.2) is 18.2 Å². The molecule has 0 heterocycles. The summed E-state index contributed by atoms with van der Waals surface area (Å²) in [4.78, 5) is 23.4. The van der Waals surface area contributed by atoms with Crippen LogP contribution in [-0.2, 0) is 4.74 Å². The molecule has 0 aliphatic rings. The van der Waals surface area contributed by atoms with Gasteiger partial charge in [-0.15, -0.1) is 0 Å². The number of amides is 1. The van der Waals surface area contributed by atoms with Crippen LogP contribution in [0.1, 0.15) is 31.1 Å². The zero-order valence-corrected chi connectivity index (χ0v) is 11.2. The molecule has 6 heteroatoms. The van der Waals surface area contributed by atoms with Gasteiger partial charge in [0.25, 0.3) is 0 Å². The Hall–Kier alpha value is -2.11. The Bertz CT molecular complexity index is 508. The largest absolute Gasteiger partial charge is 0.478 e. The second-order valence-electron chi connectivity index (χ2n) is 5.01. The van der Waals surface area contributed by atoms with Crippen LogP contribution >= 0.6 is 0 Å². The minimum absolute atomic E-state index is 0.0424. The van der Waals surface area contributed by atoms with Gasteiger partial charge >= 0.3 is 12.1 Å². The fourth-order valence-corrected chi connectivity index (χ4v) is 1.34. The molecule has 1 rings (SSSR count). The second-order valence-corrected chi connectivity index (χ2v) is 5.01. The van der Waals surface area contributed by atoms with Gasteiger partial charge in [0.2, 0.25) is 0 Å². The van der Waals surface area contributed by atoms with Gasteiger partial charge in [0, 0.05) is 7.05 Å². The maximum atomic E-state index is 13.7. The van der Waals surface area contributed by atoms with E-state index in [0.29, 0.717) is 0 Å². The molecule has 19 heavy (non-hydrogen) atoms. The first-order valence-corrected chi connectivity index (χ1v) is 5.61. The van der Waals surface area contributed by atoms with E-state index >= 15 is 0 Å². The van der Waals surface area contributed by atoms with Gasteiger partial charge in [0.1, 0.15) is 11.4 Å². The molecule has 0 atom stereocenters. The smallest absolute Gasteiger partial charge is 0.414 e. The number of carboxylic acids is 1. The van der Waals surface area contributed by atoms with Gasteiger partial charge in [-0.1, -0.05) is 0 Å². The third-order valence-electron chi connectivity index (χ3n) is 2.22.